The summed E-state index contributed by atoms with van der Waals surface area (Å²) in [5, 5.41) is 18.6. The fourth-order valence-corrected chi connectivity index (χ4v) is 2.60. The maximum atomic E-state index is 11.1. The molecule has 1 N–H and O–H groups in total. The third-order valence-corrected chi connectivity index (χ3v) is 3.60. The zero-order valence-corrected chi connectivity index (χ0v) is 11.1. The molecule has 0 fully saturated rings. The molecule has 2 aromatic rings. The van der Waals surface area contributed by atoms with Gasteiger partial charge in [0.05, 0.1) is 16.1 Å². The van der Waals surface area contributed by atoms with Gasteiger partial charge in [-0.05, 0) is 30.3 Å². The number of benzene rings is 1. The fraction of sp³-hybridized carbons (Fsp3) is 0. The van der Waals surface area contributed by atoms with Crippen molar-refractivity contribution in [3.05, 3.63) is 52.7 Å². The Morgan fingerprint density at radius 3 is 2.84 bits per heavy atom. The smallest absolute Gasteiger partial charge is 0.338 e. The SMILES string of the molecule is N#Cc1ccc(Sc2ncccc2C(=O)O)cc1Cl. The molecule has 1 aromatic heterocycles. The van der Waals surface area contributed by atoms with Crippen LogP contribution in [-0.4, -0.2) is 16.1 Å². The summed E-state index contributed by atoms with van der Waals surface area (Å²) in [5.74, 6) is -1.03. The summed E-state index contributed by atoms with van der Waals surface area (Å²) in [4.78, 5) is 15.8. The van der Waals surface area contributed by atoms with Crippen LogP contribution in [0.1, 0.15) is 15.9 Å². The highest BCUT2D eigenvalue weighted by atomic mass is 35.5. The van der Waals surface area contributed by atoms with Gasteiger partial charge in [-0.1, -0.05) is 23.4 Å². The van der Waals surface area contributed by atoms with Gasteiger partial charge in [0.15, 0.2) is 0 Å². The summed E-state index contributed by atoms with van der Waals surface area (Å²) in [6, 6.07) is 9.93. The largest absolute Gasteiger partial charge is 0.478 e. The molecule has 0 unspecified atom stereocenters. The van der Waals surface area contributed by atoms with E-state index in [9.17, 15) is 4.79 Å². The van der Waals surface area contributed by atoms with Crippen LogP contribution in [0, 0.1) is 11.3 Å². The van der Waals surface area contributed by atoms with E-state index in [4.69, 9.17) is 22.0 Å². The van der Waals surface area contributed by atoms with E-state index in [0.29, 0.717) is 15.6 Å². The van der Waals surface area contributed by atoms with Gasteiger partial charge < -0.3 is 5.11 Å². The van der Waals surface area contributed by atoms with Crippen molar-refractivity contribution in [3.8, 4) is 6.07 Å². The summed E-state index contributed by atoms with van der Waals surface area (Å²) < 4.78 is 0. The minimum atomic E-state index is -1.03. The lowest BCUT2D eigenvalue weighted by Gasteiger charge is -2.05. The van der Waals surface area contributed by atoms with Crippen LogP contribution in [0.25, 0.3) is 0 Å². The van der Waals surface area contributed by atoms with E-state index in [2.05, 4.69) is 4.98 Å². The Bertz CT molecular complexity index is 683. The molecule has 0 atom stereocenters. The lowest BCUT2D eigenvalue weighted by molar-refractivity contribution is 0.0692. The number of hydrogen-bond donors (Lipinski definition) is 1. The van der Waals surface area contributed by atoms with Crippen molar-refractivity contribution in [2.45, 2.75) is 9.92 Å². The molecular weight excluding hydrogens is 284 g/mol. The maximum Gasteiger partial charge on any atom is 0.338 e. The number of aromatic nitrogens is 1. The first-order valence-electron chi connectivity index (χ1n) is 5.17. The Kier molecular flexibility index (Phi) is 4.05. The number of rotatable bonds is 3. The highest BCUT2D eigenvalue weighted by Gasteiger charge is 2.12. The van der Waals surface area contributed by atoms with Crippen LogP contribution in [0.15, 0.2) is 46.5 Å². The van der Waals surface area contributed by atoms with E-state index < -0.39 is 5.97 Å². The van der Waals surface area contributed by atoms with Crippen molar-refractivity contribution in [3.63, 3.8) is 0 Å². The number of carboxylic acid groups (broad SMARTS) is 1. The average Bonchev–Trinajstić information content (AvgIpc) is 2.39. The van der Waals surface area contributed by atoms with Gasteiger partial charge in [0, 0.05) is 11.1 Å². The fourth-order valence-electron chi connectivity index (χ4n) is 1.40. The van der Waals surface area contributed by atoms with Crippen molar-refractivity contribution in [2.75, 3.05) is 0 Å². The zero-order chi connectivity index (χ0) is 13.8. The van der Waals surface area contributed by atoms with Crippen molar-refractivity contribution < 1.29 is 9.90 Å². The molecule has 6 heteroatoms. The van der Waals surface area contributed by atoms with Gasteiger partial charge in [0.1, 0.15) is 11.1 Å². The number of hydrogen-bond acceptors (Lipinski definition) is 4. The van der Waals surface area contributed by atoms with E-state index in [-0.39, 0.29) is 5.56 Å². The lowest BCUT2D eigenvalue weighted by Crippen LogP contribution is -1.99. The number of pyridine rings is 1. The molecule has 0 radical (unpaired) electrons. The van der Waals surface area contributed by atoms with E-state index in [0.717, 1.165) is 4.90 Å². The molecule has 0 aliphatic rings. The van der Waals surface area contributed by atoms with Gasteiger partial charge in [-0.15, -0.1) is 0 Å². The van der Waals surface area contributed by atoms with Crippen LogP contribution in [0.2, 0.25) is 5.02 Å². The van der Waals surface area contributed by atoms with Crippen LogP contribution >= 0.6 is 23.4 Å². The number of aromatic carboxylic acids is 1. The Hall–Kier alpha value is -2.03. The highest BCUT2D eigenvalue weighted by Crippen LogP contribution is 2.31. The van der Waals surface area contributed by atoms with Crippen LogP contribution in [0.5, 0.6) is 0 Å². The van der Waals surface area contributed by atoms with Gasteiger partial charge >= 0.3 is 5.97 Å². The summed E-state index contributed by atoms with van der Waals surface area (Å²) in [6.45, 7) is 0. The second-order valence-electron chi connectivity index (χ2n) is 3.52. The Morgan fingerprint density at radius 1 is 1.42 bits per heavy atom. The Balaban J connectivity index is 2.34. The number of nitriles is 1. The number of nitrogens with zero attached hydrogens (tertiary/aromatic N) is 2. The standard InChI is InChI=1S/C13H7ClN2O2S/c14-11-6-9(4-3-8(11)7-15)19-12-10(13(17)18)2-1-5-16-12/h1-6H,(H,17,18). The summed E-state index contributed by atoms with van der Waals surface area (Å²) in [5.41, 5.74) is 0.512. The molecule has 0 aliphatic heterocycles. The molecule has 0 saturated heterocycles. The van der Waals surface area contributed by atoms with Gasteiger partial charge in [-0.2, -0.15) is 5.26 Å². The number of carboxylic acids is 1. The summed E-state index contributed by atoms with van der Waals surface area (Å²) in [6.07, 6.45) is 1.53. The van der Waals surface area contributed by atoms with Crippen LogP contribution in [0.3, 0.4) is 0 Å². The molecule has 4 nitrogen and oxygen atoms in total. The monoisotopic (exact) mass is 290 g/mol. The van der Waals surface area contributed by atoms with E-state index in [1.54, 1.807) is 24.3 Å². The molecule has 0 bridgehead atoms. The minimum Gasteiger partial charge on any atom is -0.478 e. The van der Waals surface area contributed by atoms with Crippen molar-refractivity contribution >= 4 is 29.3 Å². The molecule has 0 amide bonds. The molecular formula is C13H7ClN2O2S. The zero-order valence-electron chi connectivity index (χ0n) is 9.50. The topological polar surface area (TPSA) is 74.0 Å². The molecule has 1 aromatic carbocycles. The first kappa shape index (κ1) is 13.4. The van der Waals surface area contributed by atoms with Crippen molar-refractivity contribution in [1.82, 2.24) is 4.98 Å². The second-order valence-corrected chi connectivity index (χ2v) is 4.99. The second kappa shape index (κ2) is 5.74. The molecule has 19 heavy (non-hydrogen) atoms. The molecule has 2 rings (SSSR count). The van der Waals surface area contributed by atoms with Crippen LogP contribution in [-0.2, 0) is 0 Å². The van der Waals surface area contributed by atoms with E-state index >= 15 is 0 Å². The van der Waals surface area contributed by atoms with Gasteiger partial charge in [0.25, 0.3) is 0 Å². The normalized spacial score (nSPS) is 9.89. The predicted octanol–water partition coefficient (Wildman–Crippen LogP) is 3.46. The van der Waals surface area contributed by atoms with Crippen molar-refractivity contribution in [1.29, 1.82) is 5.26 Å². The number of carbonyl (C=O) groups is 1. The third-order valence-electron chi connectivity index (χ3n) is 2.28. The van der Waals surface area contributed by atoms with E-state index in [1.165, 1.54) is 24.0 Å². The molecule has 0 aliphatic carbocycles. The van der Waals surface area contributed by atoms with Crippen LogP contribution in [0.4, 0.5) is 0 Å². The molecule has 94 valence electrons. The maximum absolute atomic E-state index is 11.1. The third kappa shape index (κ3) is 3.05. The first-order valence-corrected chi connectivity index (χ1v) is 6.37. The van der Waals surface area contributed by atoms with Gasteiger partial charge in [0.2, 0.25) is 0 Å². The molecule has 0 saturated carbocycles. The summed E-state index contributed by atoms with van der Waals surface area (Å²) in [7, 11) is 0. The molecule has 1 heterocycles. The van der Waals surface area contributed by atoms with E-state index in [1.807, 2.05) is 6.07 Å². The quantitative estimate of drug-likeness (QED) is 0.937. The summed E-state index contributed by atoms with van der Waals surface area (Å²) >= 11 is 7.12. The predicted molar refractivity (Wildman–Crippen MR) is 71.5 cm³/mol. The van der Waals surface area contributed by atoms with Gasteiger partial charge in [-0.3, -0.25) is 0 Å². The van der Waals surface area contributed by atoms with Crippen molar-refractivity contribution in [2.24, 2.45) is 0 Å². The van der Waals surface area contributed by atoms with Crippen LogP contribution < -0.4 is 0 Å². The Morgan fingerprint density at radius 2 is 2.21 bits per heavy atom. The highest BCUT2D eigenvalue weighted by molar-refractivity contribution is 7.99. The lowest BCUT2D eigenvalue weighted by atomic mass is 10.2. The first-order chi connectivity index (χ1) is 9.11. The number of halogens is 1. The Labute approximate surface area is 118 Å². The van der Waals surface area contributed by atoms with Gasteiger partial charge in [-0.25, -0.2) is 9.78 Å². The average molecular weight is 291 g/mol. The minimum absolute atomic E-state index is 0.132. The molecule has 0 spiro atoms.